The van der Waals surface area contributed by atoms with Crippen molar-refractivity contribution in [2.24, 2.45) is 0 Å². The van der Waals surface area contributed by atoms with Crippen LogP contribution in [0, 0.1) is 5.82 Å². The highest BCUT2D eigenvalue weighted by Gasteiger charge is 2.26. The van der Waals surface area contributed by atoms with E-state index in [0.29, 0.717) is 44.5 Å². The molecule has 1 saturated heterocycles. The molecule has 5 rings (SSSR count). The molecule has 3 aromatic rings. The van der Waals surface area contributed by atoms with Crippen molar-refractivity contribution in [3.05, 3.63) is 78.3 Å². The summed E-state index contributed by atoms with van der Waals surface area (Å²) >= 11 is 0. The van der Waals surface area contributed by atoms with Crippen molar-refractivity contribution in [3.63, 3.8) is 0 Å². The molecule has 0 unspecified atom stereocenters. The first-order chi connectivity index (χ1) is 17.0. The van der Waals surface area contributed by atoms with Gasteiger partial charge >= 0.3 is 0 Å². The van der Waals surface area contributed by atoms with E-state index in [1.54, 1.807) is 33.9 Å². The molecular formula is C27H28FN5O2. The van der Waals surface area contributed by atoms with Crippen LogP contribution in [0.4, 0.5) is 4.39 Å². The lowest BCUT2D eigenvalue weighted by molar-refractivity contribution is -0.128. The van der Waals surface area contributed by atoms with Crippen LogP contribution in [0.1, 0.15) is 18.4 Å². The molecule has 0 radical (unpaired) electrons. The molecule has 2 aromatic carbocycles. The maximum atomic E-state index is 13.5. The fraction of sp³-hybridized carbons (Fsp3) is 0.296. The van der Waals surface area contributed by atoms with Crippen molar-refractivity contribution in [3.8, 4) is 16.9 Å². The molecule has 1 N–H and O–H groups in total. The first-order valence-electron chi connectivity index (χ1n) is 11.9. The number of para-hydroxylation sites is 1. The Bertz CT molecular complexity index is 1210. The number of hydrogen-bond acceptors (Lipinski definition) is 4. The normalized spacial score (nSPS) is 16.5. The highest BCUT2D eigenvalue weighted by Crippen LogP contribution is 2.25. The number of hydrogen-bond donors (Lipinski definition) is 1. The van der Waals surface area contributed by atoms with Gasteiger partial charge in [-0.25, -0.2) is 9.07 Å². The van der Waals surface area contributed by atoms with Gasteiger partial charge in [-0.15, -0.1) is 0 Å². The smallest absolute Gasteiger partial charge is 0.246 e. The third kappa shape index (κ3) is 5.84. The molecule has 1 aromatic heterocycles. The van der Waals surface area contributed by atoms with E-state index in [1.807, 2.05) is 36.5 Å². The van der Waals surface area contributed by atoms with Crippen molar-refractivity contribution in [1.29, 1.82) is 0 Å². The zero-order valence-electron chi connectivity index (χ0n) is 19.4. The minimum absolute atomic E-state index is 0.0657. The molecule has 1 aliphatic carbocycles. The summed E-state index contributed by atoms with van der Waals surface area (Å²) in [6.45, 7) is 2.88. The number of carbonyl (C=O) groups is 2. The number of halogens is 1. The fourth-order valence-electron chi connectivity index (χ4n) is 4.15. The van der Waals surface area contributed by atoms with Gasteiger partial charge in [-0.3, -0.25) is 14.5 Å². The van der Waals surface area contributed by atoms with Crippen LogP contribution in [0.15, 0.2) is 66.9 Å². The van der Waals surface area contributed by atoms with Crippen LogP contribution >= 0.6 is 0 Å². The molecule has 2 amide bonds. The molecule has 35 heavy (non-hydrogen) atoms. The lowest BCUT2D eigenvalue weighted by atomic mass is 10.1. The summed E-state index contributed by atoms with van der Waals surface area (Å²) in [5, 5.41) is 7.71. The molecule has 2 fully saturated rings. The first kappa shape index (κ1) is 23.0. The lowest BCUT2D eigenvalue weighted by Gasteiger charge is -2.33. The maximum Gasteiger partial charge on any atom is 0.246 e. The molecule has 7 nitrogen and oxygen atoms in total. The van der Waals surface area contributed by atoms with Gasteiger partial charge in [-0.05, 0) is 55.3 Å². The van der Waals surface area contributed by atoms with Crippen molar-refractivity contribution >= 4 is 17.9 Å². The summed E-state index contributed by atoms with van der Waals surface area (Å²) in [5.74, 6) is -0.326. The van der Waals surface area contributed by atoms with Crippen LogP contribution in [-0.4, -0.2) is 70.2 Å². The van der Waals surface area contributed by atoms with Crippen LogP contribution in [0.5, 0.6) is 0 Å². The van der Waals surface area contributed by atoms with Crippen molar-refractivity contribution in [2.45, 2.75) is 18.9 Å². The number of aromatic nitrogens is 2. The van der Waals surface area contributed by atoms with Gasteiger partial charge in [0.25, 0.3) is 0 Å². The van der Waals surface area contributed by atoms with Crippen LogP contribution in [-0.2, 0) is 9.59 Å². The molecule has 2 heterocycles. The van der Waals surface area contributed by atoms with E-state index in [9.17, 15) is 14.0 Å². The Morgan fingerprint density at radius 3 is 2.40 bits per heavy atom. The first-order valence-corrected chi connectivity index (χ1v) is 11.9. The van der Waals surface area contributed by atoms with Gasteiger partial charge in [0.2, 0.25) is 11.8 Å². The number of rotatable bonds is 7. The molecule has 0 spiro atoms. The van der Waals surface area contributed by atoms with Gasteiger partial charge in [0.1, 0.15) is 5.82 Å². The largest absolute Gasteiger partial charge is 0.352 e. The Balaban J connectivity index is 1.27. The van der Waals surface area contributed by atoms with Gasteiger partial charge < -0.3 is 10.2 Å². The second-order valence-corrected chi connectivity index (χ2v) is 9.00. The van der Waals surface area contributed by atoms with Crippen LogP contribution in [0.25, 0.3) is 23.0 Å². The number of amides is 2. The summed E-state index contributed by atoms with van der Waals surface area (Å²) < 4.78 is 15.2. The molecular weight excluding hydrogens is 445 g/mol. The minimum atomic E-state index is -0.312. The van der Waals surface area contributed by atoms with Crippen LogP contribution < -0.4 is 5.32 Å². The Hall–Kier alpha value is -3.78. The van der Waals surface area contributed by atoms with E-state index in [4.69, 9.17) is 5.10 Å². The van der Waals surface area contributed by atoms with E-state index < -0.39 is 0 Å². The summed E-state index contributed by atoms with van der Waals surface area (Å²) in [4.78, 5) is 28.8. The van der Waals surface area contributed by atoms with Crippen molar-refractivity contribution < 1.29 is 14.0 Å². The Morgan fingerprint density at radius 1 is 1.00 bits per heavy atom. The molecule has 0 atom stereocenters. The van der Waals surface area contributed by atoms with Crippen LogP contribution in [0.2, 0.25) is 0 Å². The Labute approximate surface area is 203 Å². The average Bonchev–Trinajstić information content (AvgIpc) is 3.59. The summed E-state index contributed by atoms with van der Waals surface area (Å²) in [7, 11) is 0. The second kappa shape index (κ2) is 10.2. The third-order valence-electron chi connectivity index (χ3n) is 6.28. The van der Waals surface area contributed by atoms with Gasteiger partial charge in [-0.2, -0.15) is 5.10 Å². The van der Waals surface area contributed by atoms with Gasteiger partial charge in [0, 0.05) is 55.6 Å². The zero-order valence-corrected chi connectivity index (χ0v) is 19.4. The lowest BCUT2D eigenvalue weighted by Crippen LogP contribution is -2.51. The van der Waals surface area contributed by atoms with E-state index >= 15 is 0 Å². The molecule has 1 aliphatic heterocycles. The number of nitrogens with zero attached hydrogens (tertiary/aromatic N) is 4. The molecule has 2 aliphatic rings. The van der Waals surface area contributed by atoms with Gasteiger partial charge in [-0.1, -0.05) is 18.2 Å². The topological polar surface area (TPSA) is 70.5 Å². The van der Waals surface area contributed by atoms with E-state index in [-0.39, 0.29) is 17.6 Å². The molecule has 180 valence electrons. The fourth-order valence-corrected chi connectivity index (χ4v) is 4.15. The maximum absolute atomic E-state index is 13.5. The SMILES string of the molecule is O=C(CN1CCN(C(=O)/C=C/c2cn(-c3ccccc3)nc2-c2ccc(F)cc2)CC1)NC1CC1. The number of piperazine rings is 1. The molecule has 0 bridgehead atoms. The summed E-state index contributed by atoms with van der Waals surface area (Å²) in [6, 6.07) is 16.2. The minimum Gasteiger partial charge on any atom is -0.352 e. The summed E-state index contributed by atoms with van der Waals surface area (Å²) in [6.07, 6.45) is 7.35. The van der Waals surface area contributed by atoms with E-state index in [2.05, 4.69) is 10.2 Å². The van der Waals surface area contributed by atoms with Crippen molar-refractivity contribution in [1.82, 2.24) is 24.9 Å². The second-order valence-electron chi connectivity index (χ2n) is 9.00. The monoisotopic (exact) mass is 473 g/mol. The quantitative estimate of drug-likeness (QED) is 0.536. The third-order valence-corrected chi connectivity index (χ3v) is 6.28. The zero-order chi connectivity index (χ0) is 24.2. The highest BCUT2D eigenvalue weighted by molar-refractivity contribution is 5.93. The average molecular weight is 474 g/mol. The van der Waals surface area contributed by atoms with Gasteiger partial charge in [0.05, 0.1) is 17.9 Å². The number of nitrogens with one attached hydrogen (secondary N) is 1. The Kier molecular flexibility index (Phi) is 6.72. The number of carbonyl (C=O) groups excluding carboxylic acids is 2. The van der Waals surface area contributed by atoms with Crippen molar-refractivity contribution in [2.75, 3.05) is 32.7 Å². The standard InChI is InChI=1S/C27H28FN5O2/c28-22-9-6-20(7-10-22)27-21(18-33(30-27)24-4-2-1-3-5-24)8-13-26(35)32-16-14-31(15-17-32)19-25(34)29-23-11-12-23/h1-10,13,18,23H,11-12,14-17,19H2,(H,29,34)/b13-8+. The Morgan fingerprint density at radius 2 is 1.71 bits per heavy atom. The molecule has 8 heteroatoms. The number of benzene rings is 2. The predicted octanol–water partition coefficient (Wildman–Crippen LogP) is 3.11. The van der Waals surface area contributed by atoms with E-state index in [1.165, 1.54) is 12.1 Å². The summed E-state index contributed by atoms with van der Waals surface area (Å²) in [5.41, 5.74) is 3.10. The highest BCUT2D eigenvalue weighted by atomic mass is 19.1. The predicted molar refractivity (Wildman–Crippen MR) is 132 cm³/mol. The van der Waals surface area contributed by atoms with Gasteiger partial charge in [0.15, 0.2) is 0 Å². The molecule has 1 saturated carbocycles. The van der Waals surface area contributed by atoms with E-state index in [0.717, 1.165) is 29.7 Å². The van der Waals surface area contributed by atoms with Crippen LogP contribution in [0.3, 0.4) is 0 Å².